The van der Waals surface area contributed by atoms with Gasteiger partial charge in [-0.05, 0) is 55.3 Å². The summed E-state index contributed by atoms with van der Waals surface area (Å²) < 4.78 is 5.53. The molecule has 0 spiro atoms. The molecule has 3 aromatic carbocycles. The summed E-state index contributed by atoms with van der Waals surface area (Å²) in [4.78, 5) is 24.3. The summed E-state index contributed by atoms with van der Waals surface area (Å²) in [5, 5.41) is 7.15. The van der Waals surface area contributed by atoms with Crippen molar-refractivity contribution in [3.63, 3.8) is 0 Å². The van der Waals surface area contributed by atoms with Crippen LogP contribution in [0.25, 0.3) is 0 Å². The molecule has 3 aromatic rings. The maximum Gasteiger partial charge on any atom is 0.271 e. The Morgan fingerprint density at radius 2 is 1.69 bits per heavy atom. The highest BCUT2D eigenvalue weighted by Gasteiger charge is 2.12. The van der Waals surface area contributed by atoms with Crippen molar-refractivity contribution in [2.24, 2.45) is 5.10 Å². The number of hydrogen-bond donors (Lipinski definition) is 2. The summed E-state index contributed by atoms with van der Waals surface area (Å²) in [6.07, 6.45) is 1.41. The Bertz CT molecular complexity index is 1140. The zero-order valence-electron chi connectivity index (χ0n) is 17.5. The third-order valence-electron chi connectivity index (χ3n) is 4.44. The summed E-state index contributed by atoms with van der Waals surface area (Å²) >= 11 is 12.5. The van der Waals surface area contributed by atoms with Crippen molar-refractivity contribution in [3.8, 4) is 5.75 Å². The molecule has 0 heterocycles. The van der Waals surface area contributed by atoms with E-state index in [1.807, 2.05) is 38.1 Å². The quantitative estimate of drug-likeness (QED) is 0.359. The molecule has 0 aromatic heterocycles. The molecule has 0 bridgehead atoms. The van der Waals surface area contributed by atoms with Crippen molar-refractivity contribution in [1.82, 2.24) is 5.43 Å². The molecule has 0 aliphatic carbocycles. The summed E-state index contributed by atoms with van der Waals surface area (Å²) in [6.45, 7) is 3.64. The average molecular weight is 470 g/mol. The molecule has 2 amide bonds. The Labute approximate surface area is 196 Å². The van der Waals surface area contributed by atoms with Crippen LogP contribution in [0.15, 0.2) is 65.8 Å². The highest BCUT2D eigenvalue weighted by molar-refractivity contribution is 6.37. The van der Waals surface area contributed by atoms with Crippen molar-refractivity contribution >= 4 is 46.9 Å². The third kappa shape index (κ3) is 6.33. The lowest BCUT2D eigenvalue weighted by molar-refractivity contribution is -0.118. The second kappa shape index (κ2) is 10.8. The minimum absolute atomic E-state index is 0.189. The predicted molar refractivity (Wildman–Crippen MR) is 128 cm³/mol. The summed E-state index contributed by atoms with van der Waals surface area (Å²) in [5.74, 6) is -0.484. The van der Waals surface area contributed by atoms with E-state index in [4.69, 9.17) is 27.9 Å². The second-order valence-corrected chi connectivity index (χ2v) is 7.85. The number of nitrogens with one attached hydrogen (secondary N) is 2. The Kier molecular flexibility index (Phi) is 7.87. The average Bonchev–Trinajstić information content (AvgIpc) is 2.75. The van der Waals surface area contributed by atoms with E-state index >= 15 is 0 Å². The highest BCUT2D eigenvalue weighted by atomic mass is 35.5. The van der Waals surface area contributed by atoms with Crippen LogP contribution in [0.1, 0.15) is 27.0 Å². The van der Waals surface area contributed by atoms with E-state index in [0.717, 1.165) is 11.1 Å². The first-order valence-electron chi connectivity index (χ1n) is 9.71. The lowest BCUT2D eigenvalue weighted by Crippen LogP contribution is -2.21. The van der Waals surface area contributed by atoms with E-state index in [9.17, 15) is 9.59 Å². The lowest BCUT2D eigenvalue weighted by Gasteiger charge is -2.12. The van der Waals surface area contributed by atoms with Crippen LogP contribution in [0, 0.1) is 13.8 Å². The number of ether oxygens (including phenoxy) is 1. The van der Waals surface area contributed by atoms with Gasteiger partial charge in [0, 0.05) is 11.3 Å². The van der Waals surface area contributed by atoms with E-state index < -0.39 is 0 Å². The zero-order chi connectivity index (χ0) is 23.1. The number of carbonyl (C=O) groups is 2. The van der Waals surface area contributed by atoms with E-state index in [1.54, 1.807) is 36.4 Å². The maximum absolute atomic E-state index is 12.3. The van der Waals surface area contributed by atoms with Crippen LogP contribution in [-0.4, -0.2) is 24.6 Å². The number of rotatable bonds is 7. The molecule has 0 unspecified atom stereocenters. The van der Waals surface area contributed by atoms with Crippen LogP contribution in [0.3, 0.4) is 0 Å². The molecule has 2 N–H and O–H groups in total. The van der Waals surface area contributed by atoms with Crippen LogP contribution in [-0.2, 0) is 4.79 Å². The fourth-order valence-electron chi connectivity index (χ4n) is 2.89. The van der Waals surface area contributed by atoms with Gasteiger partial charge >= 0.3 is 0 Å². The minimum atomic E-state index is -0.339. The molecule has 32 heavy (non-hydrogen) atoms. The Balaban J connectivity index is 1.59. The van der Waals surface area contributed by atoms with Gasteiger partial charge in [-0.15, -0.1) is 0 Å². The number of amides is 2. The van der Waals surface area contributed by atoms with Gasteiger partial charge in [-0.1, -0.05) is 59.1 Å². The van der Waals surface area contributed by atoms with Crippen molar-refractivity contribution < 1.29 is 14.3 Å². The summed E-state index contributed by atoms with van der Waals surface area (Å²) in [5.41, 5.74) is 6.26. The van der Waals surface area contributed by atoms with Crippen LogP contribution in [0.4, 0.5) is 5.69 Å². The summed E-state index contributed by atoms with van der Waals surface area (Å²) in [7, 11) is 0. The topological polar surface area (TPSA) is 79.8 Å². The zero-order valence-corrected chi connectivity index (χ0v) is 19.0. The first-order chi connectivity index (χ1) is 15.3. The second-order valence-electron chi connectivity index (χ2n) is 7.03. The van der Waals surface area contributed by atoms with Gasteiger partial charge in [0.2, 0.25) is 0 Å². The molecular formula is C24H21Cl2N3O3. The van der Waals surface area contributed by atoms with Crippen LogP contribution >= 0.6 is 23.2 Å². The van der Waals surface area contributed by atoms with Gasteiger partial charge < -0.3 is 10.1 Å². The largest absolute Gasteiger partial charge is 0.481 e. The van der Waals surface area contributed by atoms with Gasteiger partial charge in [-0.3, -0.25) is 9.59 Å². The van der Waals surface area contributed by atoms with Crippen LogP contribution in [0.5, 0.6) is 5.75 Å². The highest BCUT2D eigenvalue weighted by Crippen LogP contribution is 2.33. The molecule has 8 heteroatoms. The van der Waals surface area contributed by atoms with Crippen LogP contribution < -0.4 is 15.5 Å². The number of hydrogen-bond acceptors (Lipinski definition) is 4. The number of halogens is 2. The van der Waals surface area contributed by atoms with E-state index in [1.165, 1.54) is 6.21 Å². The van der Waals surface area contributed by atoms with Crippen molar-refractivity contribution in [2.45, 2.75) is 13.8 Å². The van der Waals surface area contributed by atoms with Crippen LogP contribution in [0.2, 0.25) is 10.0 Å². The normalized spacial score (nSPS) is 10.8. The van der Waals surface area contributed by atoms with Crippen molar-refractivity contribution in [3.05, 3.63) is 93.0 Å². The molecule has 0 aliphatic heterocycles. The molecule has 6 nitrogen and oxygen atoms in total. The number of benzene rings is 3. The van der Waals surface area contributed by atoms with E-state index in [0.29, 0.717) is 16.8 Å². The monoisotopic (exact) mass is 469 g/mol. The van der Waals surface area contributed by atoms with E-state index in [-0.39, 0.29) is 34.2 Å². The number of anilines is 1. The fourth-order valence-corrected chi connectivity index (χ4v) is 3.50. The van der Waals surface area contributed by atoms with Gasteiger partial charge in [-0.25, -0.2) is 5.43 Å². The molecule has 0 atom stereocenters. The molecule has 3 rings (SSSR count). The fraction of sp³-hybridized carbons (Fsp3) is 0.125. The molecule has 0 radical (unpaired) electrons. The number of nitrogens with zero attached hydrogens (tertiary/aromatic N) is 1. The van der Waals surface area contributed by atoms with Crippen molar-refractivity contribution in [2.75, 3.05) is 11.9 Å². The van der Waals surface area contributed by atoms with Gasteiger partial charge in [-0.2, -0.15) is 5.10 Å². The number of aryl methyl sites for hydroxylation is 2. The SMILES string of the molecule is Cc1ccc(NC(=O)COc2c(Cl)cc(/C=N/NC(=O)c3ccccc3)cc2Cl)c(C)c1. The Morgan fingerprint density at radius 3 is 2.34 bits per heavy atom. The molecule has 0 aliphatic rings. The first-order valence-corrected chi connectivity index (χ1v) is 10.5. The van der Waals surface area contributed by atoms with Gasteiger partial charge in [0.1, 0.15) is 0 Å². The van der Waals surface area contributed by atoms with Gasteiger partial charge in [0.15, 0.2) is 12.4 Å². The van der Waals surface area contributed by atoms with Crippen molar-refractivity contribution in [1.29, 1.82) is 0 Å². The number of carbonyl (C=O) groups excluding carboxylic acids is 2. The third-order valence-corrected chi connectivity index (χ3v) is 5.00. The Morgan fingerprint density at radius 1 is 1.00 bits per heavy atom. The van der Waals surface area contributed by atoms with Gasteiger partial charge in [0.05, 0.1) is 16.3 Å². The predicted octanol–water partition coefficient (Wildman–Crippen LogP) is 5.39. The van der Waals surface area contributed by atoms with E-state index in [2.05, 4.69) is 15.8 Å². The minimum Gasteiger partial charge on any atom is -0.481 e. The first kappa shape index (κ1) is 23.3. The lowest BCUT2D eigenvalue weighted by atomic mass is 10.1. The number of hydrazone groups is 1. The smallest absolute Gasteiger partial charge is 0.271 e. The molecular weight excluding hydrogens is 449 g/mol. The Hall–Kier alpha value is -3.35. The molecule has 0 fully saturated rings. The molecule has 164 valence electrons. The summed E-state index contributed by atoms with van der Waals surface area (Å²) in [6, 6.07) is 17.6. The maximum atomic E-state index is 12.3. The molecule has 0 saturated heterocycles. The molecule has 0 saturated carbocycles. The van der Waals surface area contributed by atoms with Gasteiger partial charge in [0.25, 0.3) is 11.8 Å². The standard InChI is InChI=1S/C24H21Cl2N3O3/c1-15-8-9-21(16(2)10-15)28-22(30)14-32-23-19(25)11-17(12-20(23)26)13-27-29-24(31)18-6-4-3-5-7-18/h3-13H,14H2,1-2H3,(H,28,30)(H,29,31)/b27-13+.